The van der Waals surface area contributed by atoms with E-state index in [4.69, 9.17) is 0 Å². The van der Waals surface area contributed by atoms with Crippen LogP contribution in [0.5, 0.6) is 0 Å². The fraction of sp³-hybridized carbons (Fsp3) is 0.0426. The van der Waals surface area contributed by atoms with E-state index in [-0.39, 0.29) is 0 Å². The molecule has 20 rings (SSSR count). The van der Waals surface area contributed by atoms with Gasteiger partial charge in [-0.05, 0) is 237 Å². The predicted octanol–water partition coefficient (Wildman–Crippen LogP) is 26.5. The van der Waals surface area contributed by atoms with E-state index in [9.17, 15) is 0 Å². The summed E-state index contributed by atoms with van der Waals surface area (Å²) in [4.78, 5) is 0. The van der Waals surface area contributed by atoms with E-state index in [1.807, 2.05) is 0 Å². The third-order valence-corrected chi connectivity index (χ3v) is 21.3. The number of benzene rings is 18. The van der Waals surface area contributed by atoms with Gasteiger partial charge >= 0.3 is 0 Å². The van der Waals surface area contributed by atoms with Crippen molar-refractivity contribution in [2.24, 2.45) is 0 Å². The third kappa shape index (κ3) is 7.34. The summed E-state index contributed by atoms with van der Waals surface area (Å²) in [6, 6.07) is 112. The van der Waals surface area contributed by atoms with Crippen molar-refractivity contribution in [1.29, 1.82) is 0 Å². The molecule has 0 aliphatic heterocycles. The van der Waals surface area contributed by atoms with Crippen molar-refractivity contribution >= 4 is 75.4 Å². The van der Waals surface area contributed by atoms with Crippen molar-refractivity contribution in [1.82, 2.24) is 0 Å². The van der Waals surface area contributed by atoms with Crippen LogP contribution in [0.15, 0.2) is 291 Å². The number of aryl methyl sites for hydroxylation is 4. The maximum atomic E-state index is 2.48. The normalized spacial score (nSPS) is 12.3. The molecule has 0 unspecified atom stereocenters. The van der Waals surface area contributed by atoms with Crippen LogP contribution in [-0.4, -0.2) is 0 Å². The van der Waals surface area contributed by atoms with Gasteiger partial charge in [0.05, 0.1) is 0 Å². The Morgan fingerprint density at radius 3 is 0.489 bits per heavy atom. The Hall–Kier alpha value is -11.7. The summed E-state index contributed by atoms with van der Waals surface area (Å²) in [6.45, 7) is 8.78. The van der Waals surface area contributed by atoms with Crippen molar-refractivity contribution in [3.8, 4) is 134 Å². The zero-order valence-corrected chi connectivity index (χ0v) is 52.7. The molecule has 0 amide bonds. The van der Waals surface area contributed by atoms with Gasteiger partial charge in [0.15, 0.2) is 0 Å². The molecule has 2 aliphatic carbocycles. The molecule has 0 saturated carbocycles. The minimum Gasteiger partial charge on any atom is -0.0622 e. The summed E-state index contributed by atoms with van der Waals surface area (Å²) < 4.78 is 0. The molecule has 0 saturated heterocycles. The molecule has 0 nitrogen and oxygen atoms in total. The average Bonchev–Trinajstić information content (AvgIpc) is 1.41. The molecule has 0 heteroatoms. The number of fused-ring (bicyclic) bond motifs is 10. The first-order chi connectivity index (χ1) is 46.3. The first-order valence-electron chi connectivity index (χ1n) is 33.1. The quantitative estimate of drug-likeness (QED) is 0.105. The summed E-state index contributed by atoms with van der Waals surface area (Å²) in [5.74, 6) is 0. The standard InChI is InChI=1S/C94H60/c1-53-25-33-61(34-26-53)79-77(57-17-9-5-10-18-57)83(63-37-29-55(3)30-38-63)93-75-51-47-71-67-43-44-68-72-48-52-76-90-74(50-46-70(88(72)90)66-42-41-65(85(67)86(66)68)69-45-49-73(89(75)87(69)71)91(93)81(79)59-21-13-7-14-22-59)92-82(60-23-15-8-16-24-60)80(62-35-27-54(2)28-36-62)78(58-19-11-6-12-20-58)84(94(76)92)64-39-31-56(4)32-40-64/h5-52H,1-4H3. The average molecular weight is 1190 g/mol. The van der Waals surface area contributed by atoms with E-state index in [0.29, 0.717) is 0 Å². The van der Waals surface area contributed by atoms with E-state index in [2.05, 4.69) is 319 Å². The number of hydrogen-bond acceptors (Lipinski definition) is 0. The van der Waals surface area contributed by atoms with Crippen LogP contribution in [-0.2, 0) is 0 Å². The number of hydrogen-bond donors (Lipinski definition) is 0. The Labute approximate surface area is 546 Å². The highest BCUT2D eigenvalue weighted by Crippen LogP contribution is 2.65. The molecule has 0 fully saturated rings. The topological polar surface area (TPSA) is 0 Å². The van der Waals surface area contributed by atoms with Crippen LogP contribution in [0.4, 0.5) is 0 Å². The molecule has 0 N–H and O–H groups in total. The van der Waals surface area contributed by atoms with Gasteiger partial charge in [0, 0.05) is 0 Å². The summed E-state index contributed by atoms with van der Waals surface area (Å²) >= 11 is 0. The molecular weight excluding hydrogens is 1130 g/mol. The smallest absolute Gasteiger partial charge is 0.000718 e. The highest BCUT2D eigenvalue weighted by molar-refractivity contribution is 6.46. The summed E-state index contributed by atoms with van der Waals surface area (Å²) in [6.07, 6.45) is 0. The van der Waals surface area contributed by atoms with Gasteiger partial charge in [-0.2, -0.15) is 0 Å². The lowest BCUT2D eigenvalue weighted by Gasteiger charge is -2.26. The van der Waals surface area contributed by atoms with E-state index in [1.165, 1.54) is 231 Å². The maximum absolute atomic E-state index is 2.48. The van der Waals surface area contributed by atoms with Crippen LogP contribution >= 0.6 is 0 Å². The van der Waals surface area contributed by atoms with Crippen LogP contribution in [0.25, 0.3) is 209 Å². The molecule has 94 heavy (non-hydrogen) atoms. The van der Waals surface area contributed by atoms with E-state index < -0.39 is 0 Å². The second kappa shape index (κ2) is 19.9. The second-order valence-electron chi connectivity index (χ2n) is 26.6. The van der Waals surface area contributed by atoms with E-state index in [0.717, 1.165) is 0 Å². The van der Waals surface area contributed by atoms with Crippen molar-refractivity contribution in [2.75, 3.05) is 0 Å². The molecule has 0 bridgehead atoms. The summed E-state index contributed by atoms with van der Waals surface area (Å²) in [5, 5.41) is 18.4. The minimum atomic E-state index is 1.21. The lowest BCUT2D eigenvalue weighted by atomic mass is 9.76. The van der Waals surface area contributed by atoms with Gasteiger partial charge in [-0.1, -0.05) is 313 Å². The summed E-state index contributed by atoms with van der Waals surface area (Å²) in [5.41, 5.74) is 35.2. The molecule has 0 radical (unpaired) electrons. The molecular formula is C94H60. The third-order valence-electron chi connectivity index (χ3n) is 21.3. The zero-order chi connectivity index (χ0) is 62.2. The van der Waals surface area contributed by atoms with Crippen LogP contribution < -0.4 is 0 Å². The highest BCUT2D eigenvalue weighted by Gasteiger charge is 2.38. The molecule has 436 valence electrons. The van der Waals surface area contributed by atoms with Crippen LogP contribution in [0.1, 0.15) is 22.3 Å². The Bertz CT molecular complexity index is 5740. The lowest BCUT2D eigenvalue weighted by molar-refractivity contribution is 1.46. The molecule has 0 heterocycles. The zero-order valence-electron chi connectivity index (χ0n) is 52.7. The lowest BCUT2D eigenvalue weighted by Crippen LogP contribution is -1.99. The summed E-state index contributed by atoms with van der Waals surface area (Å²) in [7, 11) is 0. The largest absolute Gasteiger partial charge is 0.0622 e. The fourth-order valence-corrected chi connectivity index (χ4v) is 17.3. The van der Waals surface area contributed by atoms with Gasteiger partial charge in [0.25, 0.3) is 0 Å². The van der Waals surface area contributed by atoms with Crippen molar-refractivity contribution in [2.45, 2.75) is 27.7 Å². The van der Waals surface area contributed by atoms with Gasteiger partial charge in [-0.15, -0.1) is 0 Å². The van der Waals surface area contributed by atoms with Crippen molar-refractivity contribution < 1.29 is 0 Å². The van der Waals surface area contributed by atoms with Gasteiger partial charge in [0.1, 0.15) is 0 Å². The van der Waals surface area contributed by atoms with Crippen molar-refractivity contribution in [3.63, 3.8) is 0 Å². The van der Waals surface area contributed by atoms with Gasteiger partial charge in [0.2, 0.25) is 0 Å². The molecule has 18 aromatic rings. The van der Waals surface area contributed by atoms with Crippen molar-refractivity contribution in [3.05, 3.63) is 313 Å². The molecule has 0 atom stereocenters. The van der Waals surface area contributed by atoms with Crippen LogP contribution in [0.2, 0.25) is 0 Å². The molecule has 18 aromatic carbocycles. The second-order valence-corrected chi connectivity index (χ2v) is 26.6. The Balaban J connectivity index is 0.881. The Morgan fingerprint density at radius 1 is 0.128 bits per heavy atom. The highest BCUT2D eigenvalue weighted by atomic mass is 14.4. The minimum absolute atomic E-state index is 1.21. The molecule has 2 aliphatic rings. The first kappa shape index (κ1) is 53.0. The van der Waals surface area contributed by atoms with E-state index >= 15 is 0 Å². The SMILES string of the molecule is Cc1ccc(-c2c(-c3ccccc3)c(-c3ccc(C)cc3)c3c(c2-c2ccccc2)-c2ccc4c5ccc6c7ccc8c9c(ccc(c%10ccc(c%11ccc-3c2c4%11)c5c6%10)c97)-c2c(-c3ccc(C)cc3)c(-c3ccccc3)c(-c3ccc(C)cc3)c(-c3ccccc3)c2-8)cc1. The van der Waals surface area contributed by atoms with Gasteiger partial charge in [-0.3, -0.25) is 0 Å². The van der Waals surface area contributed by atoms with Crippen LogP contribution in [0.3, 0.4) is 0 Å². The Morgan fingerprint density at radius 2 is 0.287 bits per heavy atom. The number of rotatable bonds is 8. The van der Waals surface area contributed by atoms with Gasteiger partial charge < -0.3 is 0 Å². The van der Waals surface area contributed by atoms with Crippen LogP contribution in [0, 0.1) is 27.7 Å². The Kier molecular flexibility index (Phi) is 11.2. The molecule has 0 spiro atoms. The van der Waals surface area contributed by atoms with E-state index in [1.54, 1.807) is 0 Å². The fourth-order valence-electron chi connectivity index (χ4n) is 17.3. The monoisotopic (exact) mass is 1190 g/mol. The van der Waals surface area contributed by atoms with Gasteiger partial charge in [-0.25, -0.2) is 0 Å². The predicted molar refractivity (Wildman–Crippen MR) is 403 cm³/mol. The first-order valence-corrected chi connectivity index (χ1v) is 33.1. The maximum Gasteiger partial charge on any atom is -0.000718 e. The molecule has 0 aromatic heterocycles.